The number of anilines is 1. The molecule has 0 aliphatic rings. The highest BCUT2D eigenvalue weighted by Gasteiger charge is 2.14. The molecule has 4 rings (SSSR count). The lowest BCUT2D eigenvalue weighted by Gasteiger charge is -2.07. The molecule has 8 nitrogen and oxygen atoms in total. The van der Waals surface area contributed by atoms with Crippen molar-refractivity contribution >= 4 is 23.1 Å². The van der Waals surface area contributed by atoms with Crippen LogP contribution in [-0.4, -0.2) is 26.0 Å². The van der Waals surface area contributed by atoms with Gasteiger partial charge in [-0.1, -0.05) is 36.4 Å². The fraction of sp³-hybridized carbons (Fsp3) is 0.167. The van der Waals surface area contributed by atoms with Gasteiger partial charge in [0.2, 0.25) is 5.91 Å². The molecule has 0 bridgehead atoms. The molecule has 32 heavy (non-hydrogen) atoms. The monoisotopic (exact) mass is 429 g/mol. The number of amides is 2. The molecule has 0 fully saturated rings. The molecule has 0 unspecified atom stereocenters. The molecule has 0 aliphatic carbocycles. The molecule has 0 saturated heterocycles. The highest BCUT2D eigenvalue weighted by molar-refractivity contribution is 5.94. The highest BCUT2D eigenvalue weighted by Crippen LogP contribution is 2.14. The SMILES string of the molecule is Cc1ccc(NC(=O)Cn2nc3ccc(C(=O)NCc4ccccc4)cn3c2=O)cc1C. The number of hydrogen-bond donors (Lipinski definition) is 2. The molecular weight excluding hydrogens is 406 g/mol. The van der Waals surface area contributed by atoms with Gasteiger partial charge in [0.15, 0.2) is 5.65 Å². The molecule has 0 aliphatic heterocycles. The summed E-state index contributed by atoms with van der Waals surface area (Å²) in [6.45, 7) is 4.10. The van der Waals surface area contributed by atoms with E-state index < -0.39 is 5.69 Å². The predicted octanol–water partition coefficient (Wildman–Crippen LogP) is 2.68. The van der Waals surface area contributed by atoms with Gasteiger partial charge in [-0.05, 0) is 54.8 Å². The molecule has 4 aromatic rings. The van der Waals surface area contributed by atoms with Crippen LogP contribution in [0.2, 0.25) is 0 Å². The third-order valence-electron chi connectivity index (χ3n) is 5.22. The van der Waals surface area contributed by atoms with Gasteiger partial charge in [-0.15, -0.1) is 5.10 Å². The Balaban J connectivity index is 1.47. The summed E-state index contributed by atoms with van der Waals surface area (Å²) in [5.74, 6) is -0.664. The van der Waals surface area contributed by atoms with Crippen LogP contribution in [-0.2, 0) is 17.9 Å². The van der Waals surface area contributed by atoms with Gasteiger partial charge in [-0.2, -0.15) is 0 Å². The van der Waals surface area contributed by atoms with E-state index in [0.29, 0.717) is 23.4 Å². The summed E-state index contributed by atoms with van der Waals surface area (Å²) < 4.78 is 2.35. The smallest absolute Gasteiger partial charge is 0.348 e. The third kappa shape index (κ3) is 4.59. The number of hydrogen-bond acceptors (Lipinski definition) is 4. The third-order valence-corrected chi connectivity index (χ3v) is 5.22. The van der Waals surface area contributed by atoms with Crippen molar-refractivity contribution in [2.24, 2.45) is 0 Å². The Hall–Kier alpha value is -4.20. The second-order valence-corrected chi connectivity index (χ2v) is 7.60. The molecule has 0 spiro atoms. The maximum atomic E-state index is 12.7. The summed E-state index contributed by atoms with van der Waals surface area (Å²) in [6, 6.07) is 18.3. The Kier molecular flexibility index (Phi) is 5.85. The average Bonchev–Trinajstić information content (AvgIpc) is 3.10. The van der Waals surface area contributed by atoms with E-state index in [1.54, 1.807) is 12.1 Å². The van der Waals surface area contributed by atoms with Gasteiger partial charge in [0, 0.05) is 18.4 Å². The number of carbonyl (C=O) groups is 2. The zero-order valence-electron chi connectivity index (χ0n) is 17.8. The summed E-state index contributed by atoms with van der Waals surface area (Å²) in [4.78, 5) is 37.6. The minimum Gasteiger partial charge on any atom is -0.348 e. The molecule has 162 valence electrons. The number of pyridine rings is 1. The van der Waals surface area contributed by atoms with Gasteiger partial charge >= 0.3 is 5.69 Å². The van der Waals surface area contributed by atoms with Crippen molar-refractivity contribution in [2.45, 2.75) is 26.9 Å². The minimum atomic E-state index is -0.493. The number of benzene rings is 2. The van der Waals surface area contributed by atoms with Crippen LogP contribution in [0.4, 0.5) is 5.69 Å². The van der Waals surface area contributed by atoms with E-state index in [0.717, 1.165) is 21.4 Å². The van der Waals surface area contributed by atoms with Crippen LogP contribution in [0, 0.1) is 13.8 Å². The van der Waals surface area contributed by atoms with Gasteiger partial charge in [0.1, 0.15) is 6.54 Å². The van der Waals surface area contributed by atoms with E-state index in [4.69, 9.17) is 0 Å². The van der Waals surface area contributed by atoms with Crippen molar-refractivity contribution in [3.8, 4) is 0 Å². The summed E-state index contributed by atoms with van der Waals surface area (Å²) in [5.41, 5.74) is 4.01. The van der Waals surface area contributed by atoms with Crippen LogP contribution >= 0.6 is 0 Å². The second-order valence-electron chi connectivity index (χ2n) is 7.60. The van der Waals surface area contributed by atoms with Crippen molar-refractivity contribution in [3.63, 3.8) is 0 Å². The Morgan fingerprint density at radius 1 is 0.969 bits per heavy atom. The van der Waals surface area contributed by atoms with Crippen LogP contribution in [0.5, 0.6) is 0 Å². The fourth-order valence-electron chi connectivity index (χ4n) is 3.29. The van der Waals surface area contributed by atoms with Crippen LogP contribution in [0.25, 0.3) is 5.65 Å². The van der Waals surface area contributed by atoms with Gasteiger partial charge in [-0.25, -0.2) is 13.9 Å². The number of aromatic nitrogens is 3. The highest BCUT2D eigenvalue weighted by atomic mass is 16.2. The topological polar surface area (TPSA) is 97.5 Å². The molecule has 2 aromatic heterocycles. The standard InChI is InChI=1S/C24H23N5O3/c1-16-8-10-20(12-17(16)2)26-22(30)15-29-24(32)28-14-19(9-11-21(28)27-29)23(31)25-13-18-6-4-3-5-7-18/h3-12,14H,13,15H2,1-2H3,(H,25,31)(H,26,30). The second kappa shape index (κ2) is 8.89. The number of fused-ring (bicyclic) bond motifs is 1. The molecule has 8 heteroatoms. The minimum absolute atomic E-state index is 0.233. The van der Waals surface area contributed by atoms with Gasteiger partial charge < -0.3 is 10.6 Å². The number of nitrogens with one attached hydrogen (secondary N) is 2. The van der Waals surface area contributed by atoms with E-state index in [1.807, 2.05) is 62.4 Å². The van der Waals surface area contributed by atoms with Gasteiger partial charge in [0.25, 0.3) is 5.91 Å². The normalized spacial score (nSPS) is 10.8. The molecule has 2 amide bonds. The predicted molar refractivity (Wildman–Crippen MR) is 122 cm³/mol. The first-order chi connectivity index (χ1) is 15.4. The first kappa shape index (κ1) is 21.0. The number of nitrogens with zero attached hydrogens (tertiary/aromatic N) is 3. The maximum Gasteiger partial charge on any atom is 0.350 e. The van der Waals surface area contributed by atoms with Crippen molar-refractivity contribution in [1.29, 1.82) is 0 Å². The average molecular weight is 429 g/mol. The molecule has 0 atom stereocenters. The van der Waals surface area contributed by atoms with E-state index in [1.165, 1.54) is 10.6 Å². The molecular formula is C24H23N5O3. The fourth-order valence-corrected chi connectivity index (χ4v) is 3.29. The van der Waals surface area contributed by atoms with E-state index in [-0.39, 0.29) is 18.4 Å². The lowest BCUT2D eigenvalue weighted by Crippen LogP contribution is -2.28. The summed E-state index contributed by atoms with van der Waals surface area (Å²) in [6.07, 6.45) is 1.43. The van der Waals surface area contributed by atoms with Crippen LogP contribution in [0.3, 0.4) is 0 Å². The van der Waals surface area contributed by atoms with Crippen molar-refractivity contribution in [2.75, 3.05) is 5.32 Å². The van der Waals surface area contributed by atoms with Crippen LogP contribution in [0.1, 0.15) is 27.0 Å². The summed E-state index contributed by atoms with van der Waals surface area (Å²) in [7, 11) is 0. The molecule has 2 aromatic carbocycles. The molecule has 0 radical (unpaired) electrons. The van der Waals surface area contributed by atoms with E-state index in [2.05, 4.69) is 15.7 Å². The maximum absolute atomic E-state index is 12.7. The Morgan fingerprint density at radius 2 is 1.75 bits per heavy atom. The van der Waals surface area contributed by atoms with E-state index >= 15 is 0 Å². The lowest BCUT2D eigenvalue weighted by molar-refractivity contribution is -0.117. The first-order valence-electron chi connectivity index (χ1n) is 10.2. The number of carbonyl (C=O) groups excluding carboxylic acids is 2. The van der Waals surface area contributed by atoms with Gasteiger partial charge in [0.05, 0.1) is 5.56 Å². The largest absolute Gasteiger partial charge is 0.350 e. The number of aryl methyl sites for hydroxylation is 2. The zero-order valence-corrected chi connectivity index (χ0v) is 17.8. The molecule has 0 saturated carbocycles. The summed E-state index contributed by atoms with van der Waals surface area (Å²) >= 11 is 0. The van der Waals surface area contributed by atoms with E-state index in [9.17, 15) is 14.4 Å². The Labute approximate surface area is 184 Å². The zero-order chi connectivity index (χ0) is 22.7. The Morgan fingerprint density at radius 3 is 2.50 bits per heavy atom. The quantitative estimate of drug-likeness (QED) is 0.492. The van der Waals surface area contributed by atoms with Crippen LogP contribution < -0.4 is 16.3 Å². The number of rotatable bonds is 6. The molecule has 2 N–H and O–H groups in total. The van der Waals surface area contributed by atoms with Crippen LogP contribution in [0.15, 0.2) is 71.7 Å². The summed E-state index contributed by atoms with van der Waals surface area (Å²) in [5, 5.41) is 9.80. The van der Waals surface area contributed by atoms with Crippen molar-refractivity contribution in [1.82, 2.24) is 19.5 Å². The van der Waals surface area contributed by atoms with Crippen molar-refractivity contribution < 1.29 is 9.59 Å². The first-order valence-corrected chi connectivity index (χ1v) is 10.2. The Bertz CT molecular complexity index is 1360. The molecule has 2 heterocycles. The van der Waals surface area contributed by atoms with Crippen molar-refractivity contribution in [3.05, 3.63) is 99.6 Å². The van der Waals surface area contributed by atoms with Gasteiger partial charge in [-0.3, -0.25) is 9.59 Å². The lowest BCUT2D eigenvalue weighted by atomic mass is 10.1.